The topological polar surface area (TPSA) is 67.9 Å². The van der Waals surface area contributed by atoms with E-state index in [0.717, 1.165) is 25.9 Å². The normalized spacial score (nSPS) is 13.7. The molecule has 0 bridgehead atoms. The Balaban J connectivity index is 1.53. The van der Waals surface area contributed by atoms with E-state index in [4.69, 9.17) is 9.47 Å². The Labute approximate surface area is 159 Å². The van der Waals surface area contributed by atoms with Gasteiger partial charge in [0.15, 0.2) is 18.1 Å². The van der Waals surface area contributed by atoms with Gasteiger partial charge in [0.05, 0.1) is 7.11 Å². The summed E-state index contributed by atoms with van der Waals surface area (Å²) in [7, 11) is 1.55. The number of likely N-dealkylation sites (tertiary alicyclic amines) is 1. The predicted molar refractivity (Wildman–Crippen MR) is 103 cm³/mol. The summed E-state index contributed by atoms with van der Waals surface area (Å²) >= 11 is 0. The largest absolute Gasteiger partial charge is 0.493 e. The van der Waals surface area contributed by atoms with Crippen molar-refractivity contribution >= 4 is 17.5 Å². The first-order valence-electron chi connectivity index (χ1n) is 9.12. The van der Waals surface area contributed by atoms with Crippen molar-refractivity contribution in [2.75, 3.05) is 32.1 Å². The lowest BCUT2D eigenvalue weighted by Crippen LogP contribution is -2.35. The maximum Gasteiger partial charge on any atom is 0.262 e. The molecule has 3 rings (SSSR count). The Hall–Kier alpha value is -3.02. The van der Waals surface area contributed by atoms with E-state index in [2.05, 4.69) is 5.32 Å². The van der Waals surface area contributed by atoms with E-state index in [1.54, 1.807) is 43.5 Å². The number of rotatable bonds is 6. The summed E-state index contributed by atoms with van der Waals surface area (Å²) in [6, 6.07) is 14.1. The van der Waals surface area contributed by atoms with Crippen LogP contribution in [0.2, 0.25) is 0 Å². The van der Waals surface area contributed by atoms with Crippen LogP contribution in [0.25, 0.3) is 0 Å². The molecule has 6 heteroatoms. The highest BCUT2D eigenvalue weighted by atomic mass is 16.5. The number of piperidine rings is 1. The third kappa shape index (κ3) is 5.00. The van der Waals surface area contributed by atoms with E-state index in [-0.39, 0.29) is 18.4 Å². The van der Waals surface area contributed by atoms with E-state index >= 15 is 0 Å². The lowest BCUT2D eigenvalue weighted by atomic mass is 10.1. The van der Waals surface area contributed by atoms with Crippen molar-refractivity contribution in [2.45, 2.75) is 19.3 Å². The van der Waals surface area contributed by atoms with Gasteiger partial charge in [-0.25, -0.2) is 0 Å². The SMILES string of the molecule is COc1ccccc1OCC(=O)Nc1ccc(C(=O)N2CCCCC2)cc1. The van der Waals surface area contributed by atoms with E-state index < -0.39 is 0 Å². The lowest BCUT2D eigenvalue weighted by Gasteiger charge is -2.26. The molecular weight excluding hydrogens is 344 g/mol. The van der Waals surface area contributed by atoms with Crippen LogP contribution in [0, 0.1) is 0 Å². The molecule has 1 saturated heterocycles. The number of para-hydroxylation sites is 2. The van der Waals surface area contributed by atoms with Crippen LogP contribution in [0.5, 0.6) is 11.5 Å². The highest BCUT2D eigenvalue weighted by molar-refractivity contribution is 5.96. The fraction of sp³-hybridized carbons (Fsp3) is 0.333. The number of hydrogen-bond donors (Lipinski definition) is 1. The summed E-state index contributed by atoms with van der Waals surface area (Å²) in [6.45, 7) is 1.50. The molecule has 0 atom stereocenters. The fourth-order valence-electron chi connectivity index (χ4n) is 3.05. The van der Waals surface area contributed by atoms with Crippen molar-refractivity contribution in [3.05, 3.63) is 54.1 Å². The maximum absolute atomic E-state index is 12.5. The molecule has 27 heavy (non-hydrogen) atoms. The van der Waals surface area contributed by atoms with E-state index in [1.165, 1.54) is 6.42 Å². The second-order valence-corrected chi connectivity index (χ2v) is 6.42. The molecule has 0 radical (unpaired) electrons. The first-order valence-corrected chi connectivity index (χ1v) is 9.12. The quantitative estimate of drug-likeness (QED) is 0.849. The van der Waals surface area contributed by atoms with Crippen LogP contribution in [0.4, 0.5) is 5.69 Å². The molecule has 2 aromatic carbocycles. The van der Waals surface area contributed by atoms with Crippen LogP contribution in [0.3, 0.4) is 0 Å². The zero-order valence-corrected chi connectivity index (χ0v) is 15.4. The number of hydrogen-bond acceptors (Lipinski definition) is 4. The number of benzene rings is 2. The second kappa shape index (κ2) is 9.07. The molecule has 1 N–H and O–H groups in total. The molecule has 0 aliphatic carbocycles. The molecule has 6 nitrogen and oxygen atoms in total. The van der Waals surface area contributed by atoms with Gasteiger partial charge in [0.1, 0.15) is 0 Å². The average Bonchev–Trinajstić information content (AvgIpc) is 2.73. The van der Waals surface area contributed by atoms with Gasteiger partial charge in [0.25, 0.3) is 11.8 Å². The van der Waals surface area contributed by atoms with Gasteiger partial charge in [-0.15, -0.1) is 0 Å². The molecule has 0 saturated carbocycles. The number of methoxy groups -OCH3 is 1. The Morgan fingerprint density at radius 3 is 2.30 bits per heavy atom. The fourth-order valence-corrected chi connectivity index (χ4v) is 3.05. The van der Waals surface area contributed by atoms with Crippen molar-refractivity contribution in [3.8, 4) is 11.5 Å². The first kappa shape index (κ1) is 18.8. The number of amides is 2. The minimum atomic E-state index is -0.281. The Morgan fingerprint density at radius 2 is 1.63 bits per heavy atom. The predicted octanol–water partition coefficient (Wildman–Crippen LogP) is 3.34. The van der Waals surface area contributed by atoms with Gasteiger partial charge in [-0.2, -0.15) is 0 Å². The van der Waals surface area contributed by atoms with E-state index in [1.807, 2.05) is 17.0 Å². The zero-order valence-electron chi connectivity index (χ0n) is 15.4. The average molecular weight is 368 g/mol. The van der Waals surface area contributed by atoms with Crippen molar-refractivity contribution in [2.24, 2.45) is 0 Å². The second-order valence-electron chi connectivity index (χ2n) is 6.42. The Bertz CT molecular complexity index is 783. The van der Waals surface area contributed by atoms with Gasteiger partial charge in [0.2, 0.25) is 0 Å². The van der Waals surface area contributed by atoms with Gasteiger partial charge in [0, 0.05) is 24.3 Å². The molecule has 2 amide bonds. The third-order valence-electron chi connectivity index (χ3n) is 4.49. The molecular formula is C21H24N2O4. The van der Waals surface area contributed by atoms with Gasteiger partial charge in [-0.3, -0.25) is 9.59 Å². The van der Waals surface area contributed by atoms with Crippen LogP contribution >= 0.6 is 0 Å². The smallest absolute Gasteiger partial charge is 0.262 e. The van der Waals surface area contributed by atoms with Crippen molar-refractivity contribution < 1.29 is 19.1 Å². The van der Waals surface area contributed by atoms with Gasteiger partial charge >= 0.3 is 0 Å². The van der Waals surface area contributed by atoms with Gasteiger partial charge < -0.3 is 19.7 Å². The highest BCUT2D eigenvalue weighted by Crippen LogP contribution is 2.25. The molecule has 1 fully saturated rings. The van der Waals surface area contributed by atoms with Gasteiger partial charge in [-0.1, -0.05) is 12.1 Å². The molecule has 0 unspecified atom stereocenters. The van der Waals surface area contributed by atoms with Crippen LogP contribution in [-0.2, 0) is 4.79 Å². The monoisotopic (exact) mass is 368 g/mol. The minimum Gasteiger partial charge on any atom is -0.493 e. The number of nitrogens with zero attached hydrogens (tertiary/aromatic N) is 1. The molecule has 142 valence electrons. The summed E-state index contributed by atoms with van der Waals surface area (Å²) in [5.74, 6) is 0.853. The number of anilines is 1. The maximum atomic E-state index is 12.5. The van der Waals surface area contributed by atoms with E-state index in [9.17, 15) is 9.59 Å². The Kier molecular flexibility index (Phi) is 6.30. The van der Waals surface area contributed by atoms with Crippen molar-refractivity contribution in [1.29, 1.82) is 0 Å². The molecule has 1 heterocycles. The van der Waals surface area contributed by atoms with E-state index in [0.29, 0.717) is 22.7 Å². The summed E-state index contributed by atoms with van der Waals surface area (Å²) in [6.07, 6.45) is 3.31. The van der Waals surface area contributed by atoms with Crippen molar-refractivity contribution in [1.82, 2.24) is 4.90 Å². The Morgan fingerprint density at radius 1 is 0.963 bits per heavy atom. The van der Waals surface area contributed by atoms with Crippen LogP contribution in [-0.4, -0.2) is 43.5 Å². The van der Waals surface area contributed by atoms with Crippen LogP contribution in [0.15, 0.2) is 48.5 Å². The number of ether oxygens (including phenoxy) is 2. The summed E-state index contributed by atoms with van der Waals surface area (Å²) in [5.41, 5.74) is 1.26. The number of carbonyl (C=O) groups is 2. The summed E-state index contributed by atoms with van der Waals surface area (Å²) in [5, 5.41) is 2.77. The molecule has 1 aliphatic rings. The van der Waals surface area contributed by atoms with Crippen LogP contribution in [0.1, 0.15) is 29.6 Å². The number of nitrogens with one attached hydrogen (secondary N) is 1. The highest BCUT2D eigenvalue weighted by Gasteiger charge is 2.18. The molecule has 0 spiro atoms. The third-order valence-corrected chi connectivity index (χ3v) is 4.49. The van der Waals surface area contributed by atoms with Crippen molar-refractivity contribution in [3.63, 3.8) is 0 Å². The summed E-state index contributed by atoms with van der Waals surface area (Å²) < 4.78 is 10.7. The standard InChI is InChI=1S/C21H24N2O4/c1-26-18-7-3-4-8-19(18)27-15-20(24)22-17-11-9-16(10-12-17)21(25)23-13-5-2-6-14-23/h3-4,7-12H,2,5-6,13-15H2,1H3,(H,22,24). The lowest BCUT2D eigenvalue weighted by molar-refractivity contribution is -0.118. The van der Waals surface area contributed by atoms with Gasteiger partial charge in [-0.05, 0) is 55.7 Å². The molecule has 1 aliphatic heterocycles. The molecule has 2 aromatic rings. The minimum absolute atomic E-state index is 0.0482. The summed E-state index contributed by atoms with van der Waals surface area (Å²) in [4.78, 5) is 26.4. The zero-order chi connectivity index (χ0) is 19.1. The first-order chi connectivity index (χ1) is 13.2. The molecule has 0 aromatic heterocycles. The van der Waals surface area contributed by atoms with Crippen LogP contribution < -0.4 is 14.8 Å². The number of carbonyl (C=O) groups excluding carboxylic acids is 2.